The van der Waals surface area contributed by atoms with E-state index in [1.165, 1.54) is 19.3 Å². The Morgan fingerprint density at radius 3 is 2.52 bits per heavy atom. The molecule has 0 bridgehead atoms. The second kappa shape index (κ2) is 8.37. The zero-order valence-electron chi connectivity index (χ0n) is 15.5. The van der Waals surface area contributed by atoms with Gasteiger partial charge in [0.15, 0.2) is 0 Å². The summed E-state index contributed by atoms with van der Waals surface area (Å²) in [6.07, 6.45) is 5.81. The quantitative estimate of drug-likeness (QED) is 0.823. The van der Waals surface area contributed by atoms with Crippen LogP contribution in [0.3, 0.4) is 0 Å². The minimum atomic E-state index is -0.259. The number of ether oxygens (including phenoxy) is 1. The predicted molar refractivity (Wildman–Crippen MR) is 100 cm³/mol. The Balaban J connectivity index is 1.30. The first kappa shape index (κ1) is 17.8. The molecular weight excluding hydrogens is 344 g/mol. The Hall–Kier alpha value is -2.64. The molecule has 1 amide bonds. The highest BCUT2D eigenvalue weighted by molar-refractivity contribution is 5.68. The van der Waals surface area contributed by atoms with Crippen molar-refractivity contribution in [1.29, 1.82) is 0 Å². The number of piperazine rings is 1. The summed E-state index contributed by atoms with van der Waals surface area (Å²) in [6.45, 7) is 2.97. The summed E-state index contributed by atoms with van der Waals surface area (Å²) >= 11 is 0. The molecule has 2 fully saturated rings. The lowest BCUT2D eigenvalue weighted by atomic mass is 9.96. The van der Waals surface area contributed by atoms with E-state index < -0.39 is 0 Å². The molecule has 4 rings (SSSR count). The van der Waals surface area contributed by atoms with Crippen LogP contribution in [0.25, 0.3) is 0 Å². The van der Waals surface area contributed by atoms with E-state index in [9.17, 15) is 4.79 Å². The molecule has 0 spiro atoms. The van der Waals surface area contributed by atoms with E-state index >= 15 is 0 Å². The van der Waals surface area contributed by atoms with E-state index in [4.69, 9.17) is 4.74 Å². The monoisotopic (exact) mass is 370 g/mol. The maximum Gasteiger partial charge on any atom is 0.410 e. The van der Waals surface area contributed by atoms with Crippen molar-refractivity contribution in [2.45, 2.75) is 44.8 Å². The van der Waals surface area contributed by atoms with Gasteiger partial charge < -0.3 is 14.5 Å². The highest BCUT2D eigenvalue weighted by Gasteiger charge is 2.28. The average molecular weight is 370 g/mol. The summed E-state index contributed by atoms with van der Waals surface area (Å²) in [5.74, 6) is 0.833. The molecule has 1 saturated heterocycles. The van der Waals surface area contributed by atoms with Crippen LogP contribution in [-0.2, 0) is 11.3 Å². The van der Waals surface area contributed by atoms with Gasteiger partial charge in [0.05, 0.1) is 6.04 Å². The number of amides is 1. The van der Waals surface area contributed by atoms with Crippen molar-refractivity contribution in [2.75, 3.05) is 31.1 Å². The minimum absolute atomic E-state index is 0.259. The fourth-order valence-electron chi connectivity index (χ4n) is 3.86. The molecule has 0 radical (unpaired) electrons. The molecule has 0 N–H and O–H groups in total. The number of carbonyl (C=O) groups excluding carboxylic acids is 1. The maximum absolute atomic E-state index is 12.3. The lowest BCUT2D eigenvalue weighted by molar-refractivity contribution is 0.0939. The van der Waals surface area contributed by atoms with Crippen molar-refractivity contribution in [3.8, 4) is 0 Å². The molecule has 1 aliphatic heterocycles. The summed E-state index contributed by atoms with van der Waals surface area (Å²) in [4.78, 5) is 16.3. The predicted octanol–water partition coefficient (Wildman–Crippen LogP) is 2.64. The van der Waals surface area contributed by atoms with Crippen LogP contribution < -0.4 is 4.90 Å². The van der Waals surface area contributed by atoms with Crippen LogP contribution in [0.4, 0.5) is 10.7 Å². The van der Waals surface area contributed by atoms with Gasteiger partial charge in [-0.2, -0.15) is 0 Å². The number of hydrogen-bond donors (Lipinski definition) is 0. The van der Waals surface area contributed by atoms with E-state index in [0.717, 1.165) is 24.4 Å². The maximum atomic E-state index is 12.3. The second-order valence-electron chi connectivity index (χ2n) is 7.23. The molecule has 2 heterocycles. The van der Waals surface area contributed by atoms with Gasteiger partial charge in [-0.25, -0.2) is 9.48 Å². The Morgan fingerprint density at radius 1 is 1.04 bits per heavy atom. The minimum Gasteiger partial charge on any atom is -0.445 e. The van der Waals surface area contributed by atoms with Crippen molar-refractivity contribution >= 4 is 12.0 Å². The summed E-state index contributed by atoms with van der Waals surface area (Å²) in [6, 6.07) is 10.1. The molecule has 144 valence electrons. The van der Waals surface area contributed by atoms with Gasteiger partial charge in [-0.1, -0.05) is 54.7 Å². The van der Waals surface area contributed by atoms with E-state index in [0.29, 0.717) is 38.8 Å². The van der Waals surface area contributed by atoms with Gasteiger partial charge in [0.25, 0.3) is 0 Å². The summed E-state index contributed by atoms with van der Waals surface area (Å²) < 4.78 is 7.42. The van der Waals surface area contributed by atoms with Crippen LogP contribution >= 0.6 is 0 Å². The van der Waals surface area contributed by atoms with Gasteiger partial charge in [-0.05, 0) is 28.8 Å². The van der Waals surface area contributed by atoms with Crippen molar-refractivity contribution in [2.24, 2.45) is 0 Å². The third-order valence-electron chi connectivity index (χ3n) is 5.42. The first-order chi connectivity index (χ1) is 13.3. The third kappa shape index (κ3) is 4.20. The Morgan fingerprint density at radius 2 is 1.78 bits per heavy atom. The summed E-state index contributed by atoms with van der Waals surface area (Å²) in [7, 11) is 0. The van der Waals surface area contributed by atoms with Crippen LogP contribution in [0, 0.1) is 0 Å². The summed E-state index contributed by atoms with van der Waals surface area (Å²) in [5, 5.41) is 12.4. The van der Waals surface area contributed by atoms with Gasteiger partial charge in [0, 0.05) is 26.2 Å². The Bertz CT molecular complexity index is 736. The van der Waals surface area contributed by atoms with Crippen molar-refractivity contribution < 1.29 is 9.53 Å². The SMILES string of the molecule is O=C(OCc1ccccc1)N1CCN(c2nnnn2C2CCCCC2)CC1. The topological polar surface area (TPSA) is 76.4 Å². The largest absolute Gasteiger partial charge is 0.445 e. The van der Waals surface area contributed by atoms with E-state index in [-0.39, 0.29) is 6.09 Å². The van der Waals surface area contributed by atoms with Gasteiger partial charge in [0.2, 0.25) is 5.95 Å². The molecule has 1 aliphatic carbocycles. The van der Waals surface area contributed by atoms with Crippen molar-refractivity contribution in [3.05, 3.63) is 35.9 Å². The Kier molecular flexibility index (Phi) is 5.50. The van der Waals surface area contributed by atoms with Crippen LogP contribution in [0.5, 0.6) is 0 Å². The first-order valence-corrected chi connectivity index (χ1v) is 9.80. The van der Waals surface area contributed by atoms with Crippen molar-refractivity contribution in [3.63, 3.8) is 0 Å². The average Bonchev–Trinajstić information content (AvgIpc) is 3.23. The summed E-state index contributed by atoms with van der Waals surface area (Å²) in [5.41, 5.74) is 0.996. The number of benzene rings is 1. The van der Waals surface area contributed by atoms with Gasteiger partial charge in [-0.15, -0.1) is 0 Å². The smallest absolute Gasteiger partial charge is 0.410 e. The highest BCUT2D eigenvalue weighted by Crippen LogP contribution is 2.30. The number of rotatable bonds is 4. The van der Waals surface area contributed by atoms with Crippen LogP contribution in [0.2, 0.25) is 0 Å². The number of aromatic nitrogens is 4. The number of hydrogen-bond acceptors (Lipinski definition) is 6. The lowest BCUT2D eigenvalue weighted by Gasteiger charge is -2.35. The molecule has 0 unspecified atom stereocenters. The number of carbonyl (C=O) groups is 1. The normalized spacial score (nSPS) is 18.5. The van der Waals surface area contributed by atoms with Crippen molar-refractivity contribution in [1.82, 2.24) is 25.1 Å². The van der Waals surface area contributed by atoms with Crippen LogP contribution in [-0.4, -0.2) is 57.4 Å². The fraction of sp³-hybridized carbons (Fsp3) is 0.579. The number of tetrazole rings is 1. The third-order valence-corrected chi connectivity index (χ3v) is 5.42. The van der Waals surface area contributed by atoms with Gasteiger partial charge in [-0.3, -0.25) is 0 Å². The van der Waals surface area contributed by atoms with E-state index in [1.807, 2.05) is 35.0 Å². The molecule has 2 aromatic rings. The molecule has 27 heavy (non-hydrogen) atoms. The molecule has 2 aliphatic rings. The van der Waals surface area contributed by atoms with E-state index in [1.54, 1.807) is 4.90 Å². The highest BCUT2D eigenvalue weighted by atomic mass is 16.6. The molecule has 1 aromatic carbocycles. The Labute approximate surface area is 159 Å². The molecule has 8 nitrogen and oxygen atoms in total. The standard InChI is InChI=1S/C19H26N6O2/c26-19(27-15-16-7-3-1-4-8-16)24-13-11-23(12-14-24)18-20-21-22-25(18)17-9-5-2-6-10-17/h1,3-4,7-8,17H,2,5-6,9-15H2. The molecule has 1 aromatic heterocycles. The van der Waals surface area contributed by atoms with E-state index in [2.05, 4.69) is 20.4 Å². The van der Waals surface area contributed by atoms with Gasteiger partial charge in [0.1, 0.15) is 6.61 Å². The fourth-order valence-corrected chi connectivity index (χ4v) is 3.86. The van der Waals surface area contributed by atoms with Crippen LogP contribution in [0.1, 0.15) is 43.7 Å². The van der Waals surface area contributed by atoms with Gasteiger partial charge >= 0.3 is 6.09 Å². The zero-order valence-corrected chi connectivity index (χ0v) is 15.5. The molecule has 8 heteroatoms. The van der Waals surface area contributed by atoms with Crippen LogP contribution in [0.15, 0.2) is 30.3 Å². The molecular formula is C19H26N6O2. The zero-order chi connectivity index (χ0) is 18.5. The number of nitrogens with zero attached hydrogens (tertiary/aromatic N) is 6. The molecule has 0 atom stereocenters. The molecule has 1 saturated carbocycles. The second-order valence-corrected chi connectivity index (χ2v) is 7.23. The lowest BCUT2D eigenvalue weighted by Crippen LogP contribution is -2.49. The number of anilines is 1. The first-order valence-electron chi connectivity index (χ1n) is 9.80.